The maximum atomic E-state index is 11.7. The highest BCUT2D eigenvalue weighted by Crippen LogP contribution is 2.25. The Balaban J connectivity index is 1.74. The SMILES string of the molecule is Cn1cc(CNC2CCCC2CNC(=O)OC(C)(C)C)cn1. The maximum Gasteiger partial charge on any atom is 0.407 e. The van der Waals surface area contributed by atoms with Gasteiger partial charge in [-0.05, 0) is 39.5 Å². The Morgan fingerprint density at radius 1 is 1.45 bits per heavy atom. The molecule has 1 aliphatic rings. The first-order chi connectivity index (χ1) is 10.3. The van der Waals surface area contributed by atoms with Crippen LogP contribution in [-0.4, -0.2) is 34.1 Å². The quantitative estimate of drug-likeness (QED) is 0.875. The summed E-state index contributed by atoms with van der Waals surface area (Å²) in [5.41, 5.74) is 0.741. The zero-order chi connectivity index (χ0) is 16.2. The van der Waals surface area contributed by atoms with Gasteiger partial charge in [-0.1, -0.05) is 6.42 Å². The normalized spacial score (nSPS) is 21.8. The highest BCUT2D eigenvalue weighted by Gasteiger charge is 2.27. The zero-order valence-corrected chi connectivity index (χ0v) is 14.1. The van der Waals surface area contributed by atoms with Crippen molar-refractivity contribution in [3.8, 4) is 0 Å². The molecule has 1 saturated carbocycles. The molecule has 1 amide bonds. The van der Waals surface area contributed by atoms with Crippen molar-refractivity contribution >= 4 is 6.09 Å². The molecule has 2 N–H and O–H groups in total. The molecule has 0 spiro atoms. The van der Waals surface area contributed by atoms with Crippen LogP contribution in [0, 0.1) is 5.92 Å². The number of carbonyl (C=O) groups excluding carboxylic acids is 1. The average Bonchev–Trinajstić information content (AvgIpc) is 3.00. The molecule has 124 valence electrons. The van der Waals surface area contributed by atoms with Crippen LogP contribution in [0.2, 0.25) is 0 Å². The molecule has 0 saturated heterocycles. The number of nitrogens with one attached hydrogen (secondary N) is 2. The summed E-state index contributed by atoms with van der Waals surface area (Å²) in [6, 6.07) is 0.440. The Hall–Kier alpha value is -1.56. The third kappa shape index (κ3) is 5.33. The molecule has 1 aliphatic carbocycles. The third-order valence-electron chi connectivity index (χ3n) is 3.89. The molecule has 6 nitrogen and oxygen atoms in total. The van der Waals surface area contributed by atoms with Gasteiger partial charge in [0.1, 0.15) is 5.60 Å². The van der Waals surface area contributed by atoms with Crippen LogP contribution in [0.25, 0.3) is 0 Å². The summed E-state index contributed by atoms with van der Waals surface area (Å²) in [6.45, 7) is 7.11. The fourth-order valence-electron chi connectivity index (χ4n) is 2.89. The second-order valence-corrected chi connectivity index (χ2v) is 7.08. The number of carbonyl (C=O) groups is 1. The molecule has 1 heterocycles. The lowest BCUT2D eigenvalue weighted by molar-refractivity contribution is 0.0517. The first-order valence-corrected chi connectivity index (χ1v) is 8.01. The van der Waals surface area contributed by atoms with Crippen molar-refractivity contribution < 1.29 is 9.53 Å². The van der Waals surface area contributed by atoms with Gasteiger partial charge in [-0.2, -0.15) is 5.10 Å². The van der Waals surface area contributed by atoms with Crippen LogP contribution in [0.1, 0.15) is 45.6 Å². The van der Waals surface area contributed by atoms with E-state index in [2.05, 4.69) is 15.7 Å². The van der Waals surface area contributed by atoms with E-state index in [4.69, 9.17) is 4.74 Å². The summed E-state index contributed by atoms with van der Waals surface area (Å²) in [7, 11) is 1.92. The van der Waals surface area contributed by atoms with Crippen molar-refractivity contribution in [1.82, 2.24) is 20.4 Å². The number of aromatic nitrogens is 2. The summed E-state index contributed by atoms with van der Waals surface area (Å²) in [5.74, 6) is 0.462. The molecule has 6 heteroatoms. The van der Waals surface area contributed by atoms with E-state index in [0.29, 0.717) is 18.5 Å². The van der Waals surface area contributed by atoms with Crippen molar-refractivity contribution in [3.63, 3.8) is 0 Å². The van der Waals surface area contributed by atoms with Crippen LogP contribution >= 0.6 is 0 Å². The molecule has 2 atom stereocenters. The van der Waals surface area contributed by atoms with Crippen LogP contribution in [0.15, 0.2) is 12.4 Å². The molecule has 0 bridgehead atoms. The van der Waals surface area contributed by atoms with Crippen LogP contribution < -0.4 is 10.6 Å². The van der Waals surface area contributed by atoms with Crippen LogP contribution in [0.3, 0.4) is 0 Å². The van der Waals surface area contributed by atoms with Gasteiger partial charge in [0.05, 0.1) is 6.20 Å². The Morgan fingerprint density at radius 3 is 2.86 bits per heavy atom. The first-order valence-electron chi connectivity index (χ1n) is 8.01. The van der Waals surface area contributed by atoms with Crippen molar-refractivity contribution in [3.05, 3.63) is 18.0 Å². The van der Waals surface area contributed by atoms with E-state index in [1.165, 1.54) is 12.0 Å². The molecule has 0 aromatic carbocycles. The Kier molecular flexibility index (Phi) is 5.45. The number of nitrogens with zero attached hydrogens (tertiary/aromatic N) is 2. The number of aryl methyl sites for hydroxylation is 1. The van der Waals surface area contributed by atoms with Crippen molar-refractivity contribution in [1.29, 1.82) is 0 Å². The molecule has 1 aromatic rings. The molecule has 0 aliphatic heterocycles. The maximum absolute atomic E-state index is 11.7. The van der Waals surface area contributed by atoms with E-state index < -0.39 is 5.60 Å². The lowest BCUT2D eigenvalue weighted by atomic mass is 10.0. The predicted octanol–water partition coefficient (Wildman–Crippen LogP) is 2.20. The molecule has 0 radical (unpaired) electrons. The first kappa shape index (κ1) is 16.8. The smallest absolute Gasteiger partial charge is 0.407 e. The van der Waals surface area contributed by atoms with Gasteiger partial charge in [-0.3, -0.25) is 4.68 Å². The lowest BCUT2D eigenvalue weighted by Crippen LogP contribution is -2.40. The predicted molar refractivity (Wildman–Crippen MR) is 85.4 cm³/mol. The van der Waals surface area contributed by atoms with E-state index in [-0.39, 0.29) is 6.09 Å². The van der Waals surface area contributed by atoms with Crippen LogP contribution in [0.4, 0.5) is 4.79 Å². The number of ether oxygens (including phenoxy) is 1. The highest BCUT2D eigenvalue weighted by atomic mass is 16.6. The minimum absolute atomic E-state index is 0.328. The minimum Gasteiger partial charge on any atom is -0.444 e. The van der Waals surface area contributed by atoms with E-state index in [0.717, 1.165) is 19.4 Å². The second kappa shape index (κ2) is 7.13. The van der Waals surface area contributed by atoms with E-state index in [1.807, 2.05) is 44.9 Å². The Labute approximate surface area is 132 Å². The van der Waals surface area contributed by atoms with Gasteiger partial charge < -0.3 is 15.4 Å². The van der Waals surface area contributed by atoms with Gasteiger partial charge in [0, 0.05) is 37.9 Å². The second-order valence-electron chi connectivity index (χ2n) is 7.08. The summed E-state index contributed by atoms with van der Waals surface area (Å²) in [4.78, 5) is 11.7. The van der Waals surface area contributed by atoms with E-state index >= 15 is 0 Å². The topological polar surface area (TPSA) is 68.2 Å². The van der Waals surface area contributed by atoms with Crippen molar-refractivity contribution in [2.75, 3.05) is 6.54 Å². The van der Waals surface area contributed by atoms with Crippen molar-refractivity contribution in [2.24, 2.45) is 13.0 Å². The highest BCUT2D eigenvalue weighted by molar-refractivity contribution is 5.67. The van der Waals surface area contributed by atoms with Crippen LogP contribution in [-0.2, 0) is 18.3 Å². The molecule has 1 aromatic heterocycles. The molecule has 22 heavy (non-hydrogen) atoms. The van der Waals surface area contributed by atoms with E-state index in [1.54, 1.807) is 0 Å². The molecular weight excluding hydrogens is 280 g/mol. The fraction of sp³-hybridized carbons (Fsp3) is 0.750. The van der Waals surface area contributed by atoms with Gasteiger partial charge in [0.15, 0.2) is 0 Å². The van der Waals surface area contributed by atoms with Gasteiger partial charge in [-0.15, -0.1) is 0 Å². The number of amides is 1. The molecule has 2 rings (SSSR count). The lowest BCUT2D eigenvalue weighted by Gasteiger charge is -2.23. The number of hydrogen-bond acceptors (Lipinski definition) is 4. The summed E-state index contributed by atoms with van der Waals surface area (Å²) in [6.07, 6.45) is 7.07. The van der Waals surface area contributed by atoms with Gasteiger partial charge in [0.2, 0.25) is 0 Å². The van der Waals surface area contributed by atoms with Gasteiger partial charge in [0.25, 0.3) is 0 Å². The zero-order valence-electron chi connectivity index (χ0n) is 14.1. The molecule has 2 unspecified atom stereocenters. The molecular formula is C16H28N4O2. The Morgan fingerprint density at radius 2 is 2.23 bits per heavy atom. The monoisotopic (exact) mass is 308 g/mol. The number of rotatable bonds is 5. The van der Waals surface area contributed by atoms with E-state index in [9.17, 15) is 4.79 Å². The van der Waals surface area contributed by atoms with Crippen LogP contribution in [0.5, 0.6) is 0 Å². The number of alkyl carbamates (subject to hydrolysis) is 1. The molecule has 1 fully saturated rings. The number of hydrogen-bond donors (Lipinski definition) is 2. The summed E-state index contributed by atoms with van der Waals surface area (Å²) >= 11 is 0. The summed E-state index contributed by atoms with van der Waals surface area (Å²) in [5, 5.41) is 10.7. The van der Waals surface area contributed by atoms with Gasteiger partial charge in [-0.25, -0.2) is 4.79 Å². The Bertz CT molecular complexity index is 493. The average molecular weight is 308 g/mol. The summed E-state index contributed by atoms with van der Waals surface area (Å²) < 4.78 is 7.10. The minimum atomic E-state index is -0.447. The third-order valence-corrected chi connectivity index (χ3v) is 3.89. The largest absolute Gasteiger partial charge is 0.444 e. The standard InChI is InChI=1S/C16H28N4O2/c1-16(2,3)22-15(21)18-10-13-6-5-7-14(13)17-8-12-9-19-20(4)11-12/h9,11,13-14,17H,5-8,10H2,1-4H3,(H,18,21). The fourth-order valence-corrected chi connectivity index (χ4v) is 2.89. The van der Waals surface area contributed by atoms with Crippen molar-refractivity contribution in [2.45, 2.75) is 58.2 Å². The van der Waals surface area contributed by atoms with Gasteiger partial charge >= 0.3 is 6.09 Å².